The number of nitrogens with one attached hydrogen (secondary N) is 2. The number of aromatic nitrogens is 2. The Bertz CT molecular complexity index is 389. The molecule has 15 heavy (non-hydrogen) atoms. The lowest BCUT2D eigenvalue weighted by Gasteiger charge is -2.16. The largest absolute Gasteiger partial charge is 0.363 e. The van der Waals surface area contributed by atoms with Gasteiger partial charge in [0.1, 0.15) is 5.82 Å². The van der Waals surface area contributed by atoms with Crippen LogP contribution in [0.5, 0.6) is 0 Å². The van der Waals surface area contributed by atoms with E-state index in [-0.39, 0.29) is 11.7 Å². The second kappa shape index (κ2) is 3.72. The van der Waals surface area contributed by atoms with Crippen LogP contribution < -0.4 is 11.1 Å². The van der Waals surface area contributed by atoms with Crippen molar-refractivity contribution < 1.29 is 9.59 Å². The minimum Gasteiger partial charge on any atom is -0.363 e. The number of primary amides is 1. The summed E-state index contributed by atoms with van der Waals surface area (Å²) in [5.41, 5.74) is 4.50. The Hall–Kier alpha value is -1.85. The molecule has 1 rings (SSSR count). The Morgan fingerprint density at radius 1 is 1.47 bits per heavy atom. The molecule has 0 bridgehead atoms. The zero-order valence-electron chi connectivity index (χ0n) is 8.92. The fraction of sp³-hybridized carbons (Fsp3) is 0.444. The number of carbonyl (C=O) groups excluding carboxylic acids is 2. The molecule has 0 saturated carbocycles. The van der Waals surface area contributed by atoms with Gasteiger partial charge >= 0.3 is 0 Å². The standard InChI is InChI=1S/C9H14N4O2/c1-9(2,3)8(15)13-5-4-11-7(12-5)6(10)14/h4H,1-3H3,(H2,10,14)(H,11,12)(H,13,15). The van der Waals surface area contributed by atoms with Crippen molar-refractivity contribution in [2.24, 2.45) is 11.1 Å². The molecule has 0 aromatic carbocycles. The van der Waals surface area contributed by atoms with Crippen LogP contribution in [0.2, 0.25) is 0 Å². The van der Waals surface area contributed by atoms with Gasteiger partial charge in [0.05, 0.1) is 6.20 Å². The van der Waals surface area contributed by atoms with Gasteiger partial charge in [-0.25, -0.2) is 4.98 Å². The molecule has 82 valence electrons. The topological polar surface area (TPSA) is 101 Å². The van der Waals surface area contributed by atoms with Crippen LogP contribution in [0.3, 0.4) is 0 Å². The first-order valence-electron chi connectivity index (χ1n) is 4.47. The molecule has 6 heteroatoms. The number of hydrogen-bond acceptors (Lipinski definition) is 3. The molecule has 0 aliphatic carbocycles. The number of nitrogens with two attached hydrogens (primary N) is 1. The fourth-order valence-corrected chi connectivity index (χ4v) is 0.820. The van der Waals surface area contributed by atoms with E-state index in [1.807, 2.05) is 0 Å². The van der Waals surface area contributed by atoms with E-state index in [1.54, 1.807) is 20.8 Å². The van der Waals surface area contributed by atoms with Gasteiger partial charge in [-0.3, -0.25) is 9.59 Å². The highest BCUT2D eigenvalue weighted by molar-refractivity contribution is 5.95. The van der Waals surface area contributed by atoms with Crippen molar-refractivity contribution in [1.29, 1.82) is 0 Å². The number of carbonyl (C=O) groups is 2. The molecule has 0 aliphatic rings. The third-order valence-electron chi connectivity index (χ3n) is 1.74. The molecule has 0 spiro atoms. The first-order valence-corrected chi connectivity index (χ1v) is 4.47. The summed E-state index contributed by atoms with van der Waals surface area (Å²) in [5.74, 6) is -0.434. The van der Waals surface area contributed by atoms with Gasteiger partial charge in [-0.1, -0.05) is 20.8 Å². The molecule has 6 nitrogen and oxygen atoms in total. The molecule has 0 fully saturated rings. The molecular weight excluding hydrogens is 196 g/mol. The van der Waals surface area contributed by atoms with E-state index in [0.717, 1.165) is 0 Å². The number of aromatic amines is 1. The zero-order valence-corrected chi connectivity index (χ0v) is 8.92. The van der Waals surface area contributed by atoms with E-state index in [0.29, 0.717) is 5.82 Å². The summed E-state index contributed by atoms with van der Waals surface area (Å²) in [5, 5.41) is 2.59. The summed E-state index contributed by atoms with van der Waals surface area (Å²) >= 11 is 0. The molecule has 2 amide bonds. The van der Waals surface area contributed by atoms with Gasteiger partial charge in [0, 0.05) is 5.41 Å². The van der Waals surface area contributed by atoms with Crippen molar-refractivity contribution in [3.05, 3.63) is 12.0 Å². The molecule has 1 aromatic rings. The van der Waals surface area contributed by atoms with Gasteiger partial charge in [-0.15, -0.1) is 0 Å². The Morgan fingerprint density at radius 3 is 2.47 bits per heavy atom. The predicted molar refractivity (Wildman–Crippen MR) is 55.2 cm³/mol. The maximum absolute atomic E-state index is 11.5. The van der Waals surface area contributed by atoms with Gasteiger partial charge in [-0.2, -0.15) is 0 Å². The van der Waals surface area contributed by atoms with E-state index in [9.17, 15) is 9.59 Å². The Kier molecular flexibility index (Phi) is 2.78. The smallest absolute Gasteiger partial charge is 0.284 e. The van der Waals surface area contributed by atoms with Gasteiger partial charge in [0.25, 0.3) is 5.91 Å². The maximum atomic E-state index is 11.5. The molecule has 0 atom stereocenters. The van der Waals surface area contributed by atoms with Crippen LogP contribution in [-0.2, 0) is 4.79 Å². The van der Waals surface area contributed by atoms with Gasteiger partial charge in [0.2, 0.25) is 5.91 Å². The summed E-state index contributed by atoms with van der Waals surface area (Å²) in [6, 6.07) is 0. The summed E-state index contributed by atoms with van der Waals surface area (Å²) in [6.45, 7) is 5.36. The Labute approximate surface area is 87.3 Å². The molecule has 0 aliphatic heterocycles. The molecule has 0 radical (unpaired) electrons. The molecule has 1 heterocycles. The Balaban J connectivity index is 2.74. The van der Waals surface area contributed by atoms with Crippen LogP contribution in [0.25, 0.3) is 0 Å². The normalized spacial score (nSPS) is 11.1. The predicted octanol–water partition coefficient (Wildman–Crippen LogP) is 0.493. The summed E-state index contributed by atoms with van der Waals surface area (Å²) in [7, 11) is 0. The minimum absolute atomic E-state index is 0.0270. The van der Waals surface area contributed by atoms with Crippen molar-refractivity contribution in [1.82, 2.24) is 9.97 Å². The average molecular weight is 210 g/mol. The second-order valence-corrected chi connectivity index (χ2v) is 4.21. The summed E-state index contributed by atoms with van der Waals surface area (Å²) in [6.07, 6.45) is 1.35. The number of nitrogens with zero attached hydrogens (tertiary/aromatic N) is 1. The number of amides is 2. The van der Waals surface area contributed by atoms with E-state index in [4.69, 9.17) is 5.73 Å². The number of imidazole rings is 1. The van der Waals surface area contributed by atoms with Crippen LogP contribution in [-0.4, -0.2) is 21.8 Å². The third kappa shape index (κ3) is 2.80. The van der Waals surface area contributed by atoms with Crippen LogP contribution >= 0.6 is 0 Å². The lowest BCUT2D eigenvalue weighted by Crippen LogP contribution is -2.27. The lowest BCUT2D eigenvalue weighted by atomic mass is 9.96. The monoisotopic (exact) mass is 210 g/mol. The highest BCUT2D eigenvalue weighted by Crippen LogP contribution is 2.15. The van der Waals surface area contributed by atoms with Crippen molar-refractivity contribution in [3.63, 3.8) is 0 Å². The van der Waals surface area contributed by atoms with Crippen molar-refractivity contribution in [2.45, 2.75) is 20.8 Å². The zero-order chi connectivity index (χ0) is 11.6. The molecule has 4 N–H and O–H groups in total. The maximum Gasteiger partial charge on any atom is 0.284 e. The molecule has 1 aromatic heterocycles. The van der Waals surface area contributed by atoms with Crippen molar-refractivity contribution in [2.75, 3.05) is 5.32 Å². The number of hydrogen-bond donors (Lipinski definition) is 3. The van der Waals surface area contributed by atoms with Crippen LogP contribution in [0, 0.1) is 5.41 Å². The number of anilines is 1. The quantitative estimate of drug-likeness (QED) is 0.662. The first-order chi connectivity index (χ1) is 6.80. The second-order valence-electron chi connectivity index (χ2n) is 4.21. The number of H-pyrrole nitrogens is 1. The third-order valence-corrected chi connectivity index (χ3v) is 1.74. The Morgan fingerprint density at radius 2 is 2.07 bits per heavy atom. The van der Waals surface area contributed by atoms with Crippen LogP contribution in [0.4, 0.5) is 5.82 Å². The van der Waals surface area contributed by atoms with E-state index < -0.39 is 11.3 Å². The van der Waals surface area contributed by atoms with Crippen LogP contribution in [0.15, 0.2) is 6.20 Å². The fourth-order valence-electron chi connectivity index (χ4n) is 0.820. The summed E-state index contributed by atoms with van der Waals surface area (Å²) in [4.78, 5) is 28.6. The summed E-state index contributed by atoms with van der Waals surface area (Å²) < 4.78 is 0. The lowest BCUT2D eigenvalue weighted by molar-refractivity contribution is -0.123. The van der Waals surface area contributed by atoms with Gasteiger partial charge < -0.3 is 16.0 Å². The first kappa shape index (κ1) is 11.2. The van der Waals surface area contributed by atoms with Crippen molar-refractivity contribution >= 4 is 17.6 Å². The molecule has 0 saturated heterocycles. The SMILES string of the molecule is CC(C)(C)C(=O)Nc1cnc(C(N)=O)[nH]1. The van der Waals surface area contributed by atoms with E-state index in [2.05, 4.69) is 15.3 Å². The highest BCUT2D eigenvalue weighted by Gasteiger charge is 2.21. The van der Waals surface area contributed by atoms with Crippen LogP contribution in [0.1, 0.15) is 31.4 Å². The van der Waals surface area contributed by atoms with E-state index >= 15 is 0 Å². The molecule has 0 unspecified atom stereocenters. The van der Waals surface area contributed by atoms with Crippen molar-refractivity contribution in [3.8, 4) is 0 Å². The molecular formula is C9H14N4O2. The van der Waals surface area contributed by atoms with E-state index in [1.165, 1.54) is 6.20 Å². The minimum atomic E-state index is -0.661. The highest BCUT2D eigenvalue weighted by atomic mass is 16.2. The van der Waals surface area contributed by atoms with Gasteiger partial charge in [0.15, 0.2) is 5.82 Å². The van der Waals surface area contributed by atoms with Gasteiger partial charge in [-0.05, 0) is 0 Å². The average Bonchev–Trinajstić information content (AvgIpc) is 2.50. The number of rotatable bonds is 2.